The Morgan fingerprint density at radius 3 is 2.50 bits per heavy atom. The number of anilines is 1. The zero-order chi connectivity index (χ0) is 19.3. The number of carbonyl (C=O) groups excluding carboxylic acids is 1. The highest BCUT2D eigenvalue weighted by atomic mass is 16.5. The number of para-hydroxylation sites is 1. The van der Waals surface area contributed by atoms with Crippen LogP contribution in [0.15, 0.2) is 48.5 Å². The summed E-state index contributed by atoms with van der Waals surface area (Å²) in [6.45, 7) is 1.24. The van der Waals surface area contributed by atoms with Crippen molar-refractivity contribution in [2.24, 2.45) is 0 Å². The summed E-state index contributed by atoms with van der Waals surface area (Å²) in [5.74, 6) is 1.27. The number of carbonyl (C=O) groups is 1. The van der Waals surface area contributed by atoms with Crippen molar-refractivity contribution in [3.63, 3.8) is 0 Å². The van der Waals surface area contributed by atoms with E-state index in [0.29, 0.717) is 30.3 Å². The minimum atomic E-state index is -0.0411. The molecule has 2 fully saturated rings. The van der Waals surface area contributed by atoms with E-state index in [2.05, 4.69) is 0 Å². The maximum Gasteiger partial charge on any atom is 0.258 e. The van der Waals surface area contributed by atoms with Gasteiger partial charge in [0, 0.05) is 17.9 Å². The number of hydrogen-bond donors (Lipinski definition) is 0. The second kappa shape index (κ2) is 8.65. The third-order valence-corrected chi connectivity index (χ3v) is 5.53. The predicted molar refractivity (Wildman–Crippen MR) is 108 cm³/mol. The number of amides is 1. The van der Waals surface area contributed by atoms with Gasteiger partial charge in [0.25, 0.3) is 5.91 Å². The Morgan fingerprint density at radius 2 is 1.82 bits per heavy atom. The zero-order valence-corrected chi connectivity index (χ0v) is 16.3. The maximum atomic E-state index is 13.5. The van der Waals surface area contributed by atoms with Gasteiger partial charge in [-0.15, -0.1) is 0 Å². The van der Waals surface area contributed by atoms with Crippen LogP contribution in [0.5, 0.6) is 11.5 Å². The summed E-state index contributed by atoms with van der Waals surface area (Å²) in [4.78, 5) is 15.4. The molecule has 2 aliphatic rings. The van der Waals surface area contributed by atoms with Gasteiger partial charge in [0.15, 0.2) is 11.5 Å². The molecule has 1 saturated heterocycles. The van der Waals surface area contributed by atoms with E-state index >= 15 is 0 Å². The van der Waals surface area contributed by atoms with Gasteiger partial charge < -0.3 is 19.1 Å². The molecule has 0 spiro atoms. The number of rotatable bonds is 6. The normalized spacial score (nSPS) is 19.5. The molecular weight excluding hydrogens is 354 g/mol. The minimum Gasteiger partial charge on any atom is -0.493 e. The molecule has 0 aromatic heterocycles. The molecule has 28 heavy (non-hydrogen) atoms. The van der Waals surface area contributed by atoms with Crippen molar-refractivity contribution in [3.8, 4) is 11.5 Å². The van der Waals surface area contributed by atoms with Gasteiger partial charge >= 0.3 is 0 Å². The molecule has 5 nitrogen and oxygen atoms in total. The van der Waals surface area contributed by atoms with Gasteiger partial charge in [-0.1, -0.05) is 18.2 Å². The van der Waals surface area contributed by atoms with Crippen LogP contribution in [-0.2, 0) is 4.74 Å². The standard InChI is InChI=1S/C23H27NO4/c1-26-21-12-11-17(15-22(21)28-20-9-5-6-10-20)23(25)24(19-13-14-27-16-19)18-7-3-2-4-8-18/h2-4,7-8,11-12,15,19-20H,5-6,9-10,13-14,16H2,1H3. The molecule has 1 atom stereocenters. The lowest BCUT2D eigenvalue weighted by Gasteiger charge is -2.28. The highest BCUT2D eigenvalue weighted by Gasteiger charge is 2.30. The van der Waals surface area contributed by atoms with Crippen LogP contribution in [0.25, 0.3) is 0 Å². The summed E-state index contributed by atoms with van der Waals surface area (Å²) in [6, 6.07) is 15.3. The fourth-order valence-electron chi connectivity index (χ4n) is 4.03. The molecule has 1 unspecified atom stereocenters. The summed E-state index contributed by atoms with van der Waals surface area (Å²) < 4.78 is 17.2. The van der Waals surface area contributed by atoms with Gasteiger partial charge in [-0.3, -0.25) is 4.79 Å². The Kier molecular flexibility index (Phi) is 5.81. The predicted octanol–water partition coefficient (Wildman–Crippen LogP) is 4.45. The van der Waals surface area contributed by atoms with Gasteiger partial charge in [-0.05, 0) is 62.4 Å². The van der Waals surface area contributed by atoms with Gasteiger partial charge in [-0.25, -0.2) is 0 Å². The van der Waals surface area contributed by atoms with E-state index in [0.717, 1.165) is 24.9 Å². The molecule has 1 amide bonds. The third kappa shape index (κ3) is 3.99. The highest BCUT2D eigenvalue weighted by molar-refractivity contribution is 6.07. The Balaban J connectivity index is 1.64. The quantitative estimate of drug-likeness (QED) is 0.742. The summed E-state index contributed by atoms with van der Waals surface area (Å²) in [7, 11) is 1.63. The molecule has 1 aliphatic carbocycles. The van der Waals surface area contributed by atoms with Crippen molar-refractivity contribution in [1.82, 2.24) is 0 Å². The number of benzene rings is 2. The monoisotopic (exact) mass is 381 g/mol. The van der Waals surface area contributed by atoms with Gasteiger partial charge in [0.2, 0.25) is 0 Å². The first-order valence-electron chi connectivity index (χ1n) is 10.1. The van der Waals surface area contributed by atoms with Crippen molar-refractivity contribution < 1.29 is 19.0 Å². The molecule has 0 bridgehead atoms. The first-order valence-corrected chi connectivity index (χ1v) is 10.1. The second-order valence-corrected chi connectivity index (χ2v) is 7.42. The van der Waals surface area contributed by atoms with Crippen LogP contribution in [0.4, 0.5) is 5.69 Å². The fraction of sp³-hybridized carbons (Fsp3) is 0.435. The summed E-state index contributed by atoms with van der Waals surface area (Å²) in [5.41, 5.74) is 1.49. The summed E-state index contributed by atoms with van der Waals surface area (Å²) in [6.07, 6.45) is 5.52. The maximum absolute atomic E-state index is 13.5. The third-order valence-electron chi connectivity index (χ3n) is 5.53. The van der Waals surface area contributed by atoms with Crippen LogP contribution in [0, 0.1) is 0 Å². The van der Waals surface area contributed by atoms with Crippen LogP contribution in [0.2, 0.25) is 0 Å². The Labute approximate surface area is 166 Å². The number of hydrogen-bond acceptors (Lipinski definition) is 4. The van der Waals surface area contributed by atoms with Crippen molar-refractivity contribution in [3.05, 3.63) is 54.1 Å². The number of nitrogens with zero attached hydrogens (tertiary/aromatic N) is 1. The Bertz CT molecular complexity index is 796. The molecule has 2 aromatic carbocycles. The average molecular weight is 381 g/mol. The van der Waals surface area contributed by atoms with Gasteiger partial charge in [0.1, 0.15) is 0 Å². The van der Waals surface area contributed by atoms with Gasteiger partial charge in [-0.2, -0.15) is 0 Å². The lowest BCUT2D eigenvalue weighted by Crippen LogP contribution is -2.41. The first-order chi connectivity index (χ1) is 13.8. The van der Waals surface area contributed by atoms with Crippen LogP contribution in [0.1, 0.15) is 42.5 Å². The SMILES string of the molecule is COc1ccc(C(=O)N(c2ccccc2)C2CCOC2)cc1OC1CCCC1. The average Bonchev–Trinajstić information content (AvgIpc) is 3.43. The molecule has 1 aliphatic heterocycles. The molecule has 4 rings (SSSR count). The van der Waals surface area contributed by atoms with E-state index in [-0.39, 0.29) is 18.1 Å². The van der Waals surface area contributed by atoms with E-state index in [1.54, 1.807) is 7.11 Å². The van der Waals surface area contributed by atoms with Crippen LogP contribution >= 0.6 is 0 Å². The Hall–Kier alpha value is -2.53. The molecule has 0 radical (unpaired) electrons. The van der Waals surface area contributed by atoms with E-state index in [4.69, 9.17) is 14.2 Å². The Morgan fingerprint density at radius 1 is 1.04 bits per heavy atom. The fourth-order valence-corrected chi connectivity index (χ4v) is 4.03. The molecule has 1 saturated carbocycles. The molecule has 0 N–H and O–H groups in total. The lowest BCUT2D eigenvalue weighted by molar-refractivity contribution is 0.0970. The van der Waals surface area contributed by atoms with Gasteiger partial charge in [0.05, 0.1) is 25.9 Å². The highest BCUT2D eigenvalue weighted by Crippen LogP contribution is 2.34. The largest absolute Gasteiger partial charge is 0.493 e. The summed E-state index contributed by atoms with van der Waals surface area (Å²) >= 11 is 0. The van der Waals surface area contributed by atoms with E-state index in [1.165, 1.54) is 12.8 Å². The molecule has 1 heterocycles. The van der Waals surface area contributed by atoms with E-state index in [9.17, 15) is 4.79 Å². The number of methoxy groups -OCH3 is 1. The first kappa shape index (κ1) is 18.8. The zero-order valence-electron chi connectivity index (χ0n) is 16.3. The topological polar surface area (TPSA) is 48.0 Å². The van der Waals surface area contributed by atoms with Crippen LogP contribution in [0.3, 0.4) is 0 Å². The van der Waals surface area contributed by atoms with E-state index < -0.39 is 0 Å². The van der Waals surface area contributed by atoms with Crippen LogP contribution in [-0.4, -0.2) is 38.4 Å². The van der Waals surface area contributed by atoms with Crippen molar-refractivity contribution >= 4 is 11.6 Å². The van der Waals surface area contributed by atoms with Crippen LogP contribution < -0.4 is 14.4 Å². The van der Waals surface area contributed by atoms with Crippen molar-refractivity contribution in [1.29, 1.82) is 0 Å². The smallest absolute Gasteiger partial charge is 0.258 e. The van der Waals surface area contributed by atoms with Crippen molar-refractivity contribution in [2.75, 3.05) is 25.2 Å². The molecule has 2 aromatic rings. The summed E-state index contributed by atoms with van der Waals surface area (Å²) in [5, 5.41) is 0. The lowest BCUT2D eigenvalue weighted by atomic mass is 10.1. The molecule has 148 valence electrons. The van der Waals surface area contributed by atoms with E-state index in [1.807, 2.05) is 53.4 Å². The molecular formula is C23H27NO4. The molecule has 5 heteroatoms. The van der Waals surface area contributed by atoms with Crippen molar-refractivity contribution in [2.45, 2.75) is 44.2 Å². The number of ether oxygens (including phenoxy) is 3. The minimum absolute atomic E-state index is 0.0382. The second-order valence-electron chi connectivity index (χ2n) is 7.42.